The summed E-state index contributed by atoms with van der Waals surface area (Å²) in [5.41, 5.74) is 0.531. The number of hydrogen-bond donors (Lipinski definition) is 1. The second-order valence-electron chi connectivity index (χ2n) is 6.36. The maximum atomic E-state index is 12.9. The molecule has 2 aromatic carbocycles. The van der Waals surface area contributed by atoms with E-state index in [9.17, 15) is 22.8 Å². The van der Waals surface area contributed by atoms with Gasteiger partial charge in [-0.1, -0.05) is 23.7 Å². The maximum absolute atomic E-state index is 12.9. The van der Waals surface area contributed by atoms with Crippen molar-refractivity contribution in [2.24, 2.45) is 5.92 Å². The Morgan fingerprint density at radius 1 is 1.22 bits per heavy atom. The number of hydrogen-bond acceptors (Lipinski definition) is 2. The normalized spacial score (nSPS) is 17.3. The summed E-state index contributed by atoms with van der Waals surface area (Å²) in [6.07, 6.45) is -4.57. The minimum absolute atomic E-state index is 0.0194. The number of carbonyl (C=O) groups is 2. The van der Waals surface area contributed by atoms with Crippen molar-refractivity contribution >= 4 is 34.8 Å². The fourth-order valence-corrected chi connectivity index (χ4v) is 3.14. The highest BCUT2D eigenvalue weighted by molar-refractivity contribution is 6.31. The van der Waals surface area contributed by atoms with Crippen molar-refractivity contribution in [2.45, 2.75) is 19.5 Å². The molecular formula is C19H16ClF3N2O2. The maximum Gasteiger partial charge on any atom is 0.416 e. The molecule has 0 radical (unpaired) electrons. The zero-order chi connectivity index (χ0) is 19.8. The van der Waals surface area contributed by atoms with Gasteiger partial charge in [-0.25, -0.2) is 0 Å². The molecular weight excluding hydrogens is 381 g/mol. The van der Waals surface area contributed by atoms with Gasteiger partial charge >= 0.3 is 6.18 Å². The molecule has 0 aliphatic carbocycles. The molecule has 1 aliphatic heterocycles. The quantitative estimate of drug-likeness (QED) is 0.820. The van der Waals surface area contributed by atoms with Crippen LogP contribution >= 0.6 is 11.6 Å². The van der Waals surface area contributed by atoms with Crippen molar-refractivity contribution in [1.29, 1.82) is 0 Å². The second-order valence-corrected chi connectivity index (χ2v) is 6.76. The SMILES string of the molecule is Cc1c(Cl)cccc1NC(=O)[C@@H]1CC(=O)N(c2cccc(C(F)(F)F)c2)C1. The Labute approximate surface area is 158 Å². The molecule has 1 aliphatic rings. The Balaban J connectivity index is 1.75. The summed E-state index contributed by atoms with van der Waals surface area (Å²) in [4.78, 5) is 26.0. The van der Waals surface area contributed by atoms with Gasteiger partial charge in [-0.3, -0.25) is 9.59 Å². The first kappa shape index (κ1) is 19.2. The van der Waals surface area contributed by atoms with E-state index in [1.165, 1.54) is 17.0 Å². The summed E-state index contributed by atoms with van der Waals surface area (Å²) in [5.74, 6) is -1.43. The number of anilines is 2. The molecule has 1 atom stereocenters. The number of nitrogens with zero attached hydrogens (tertiary/aromatic N) is 1. The highest BCUT2D eigenvalue weighted by Gasteiger charge is 2.37. The molecule has 0 unspecified atom stereocenters. The predicted molar refractivity (Wildman–Crippen MR) is 96.7 cm³/mol. The lowest BCUT2D eigenvalue weighted by molar-refractivity contribution is -0.137. The standard InChI is InChI=1S/C19H16ClF3N2O2/c1-11-15(20)6-3-7-16(11)24-18(27)12-8-17(26)25(10-12)14-5-2-4-13(9-14)19(21,22)23/h2-7,9,12H,8,10H2,1H3,(H,24,27)/t12-/m1/s1. The third kappa shape index (κ3) is 4.08. The Kier molecular flexibility index (Phi) is 5.15. The molecule has 1 N–H and O–H groups in total. The number of amides is 2. The molecule has 1 heterocycles. The van der Waals surface area contributed by atoms with Crippen LogP contribution in [0.3, 0.4) is 0 Å². The van der Waals surface area contributed by atoms with Crippen LogP contribution in [-0.4, -0.2) is 18.4 Å². The molecule has 0 bridgehead atoms. The van der Waals surface area contributed by atoms with Gasteiger partial charge in [0.2, 0.25) is 11.8 Å². The van der Waals surface area contributed by atoms with Gasteiger partial charge in [-0.2, -0.15) is 13.2 Å². The average Bonchev–Trinajstić information content (AvgIpc) is 3.00. The smallest absolute Gasteiger partial charge is 0.325 e. The summed E-state index contributed by atoms with van der Waals surface area (Å²) >= 11 is 6.03. The van der Waals surface area contributed by atoms with E-state index in [1.54, 1.807) is 25.1 Å². The van der Waals surface area contributed by atoms with E-state index in [2.05, 4.69) is 5.32 Å². The first-order valence-corrected chi connectivity index (χ1v) is 8.58. The topological polar surface area (TPSA) is 49.4 Å². The Morgan fingerprint density at radius 2 is 1.93 bits per heavy atom. The van der Waals surface area contributed by atoms with Crippen LogP contribution in [0.15, 0.2) is 42.5 Å². The van der Waals surface area contributed by atoms with E-state index in [4.69, 9.17) is 11.6 Å². The number of halogens is 4. The monoisotopic (exact) mass is 396 g/mol. The van der Waals surface area contributed by atoms with E-state index in [0.717, 1.165) is 12.1 Å². The van der Waals surface area contributed by atoms with Crippen LogP contribution in [0.4, 0.5) is 24.5 Å². The minimum Gasteiger partial charge on any atom is -0.325 e. The van der Waals surface area contributed by atoms with Crippen LogP contribution in [0.2, 0.25) is 5.02 Å². The lowest BCUT2D eigenvalue weighted by Gasteiger charge is -2.18. The number of benzene rings is 2. The zero-order valence-corrected chi connectivity index (χ0v) is 15.1. The average molecular weight is 397 g/mol. The molecule has 1 saturated heterocycles. The van der Waals surface area contributed by atoms with Gasteiger partial charge in [0.05, 0.1) is 11.5 Å². The summed E-state index contributed by atoms with van der Waals surface area (Å²) < 4.78 is 38.7. The molecule has 3 rings (SSSR count). The van der Waals surface area contributed by atoms with Gasteiger partial charge in [-0.15, -0.1) is 0 Å². The summed E-state index contributed by atoms with van der Waals surface area (Å²) in [6, 6.07) is 9.61. The number of rotatable bonds is 3. The van der Waals surface area contributed by atoms with Gasteiger partial charge in [-0.05, 0) is 42.8 Å². The van der Waals surface area contributed by atoms with E-state index in [-0.39, 0.29) is 24.6 Å². The molecule has 2 aromatic rings. The molecule has 4 nitrogen and oxygen atoms in total. The predicted octanol–water partition coefficient (Wildman–Crippen LogP) is 4.66. The number of nitrogens with one attached hydrogen (secondary N) is 1. The molecule has 1 fully saturated rings. The van der Waals surface area contributed by atoms with Crippen LogP contribution in [0.25, 0.3) is 0 Å². The lowest BCUT2D eigenvalue weighted by atomic mass is 10.1. The van der Waals surface area contributed by atoms with Crippen molar-refractivity contribution in [3.63, 3.8) is 0 Å². The molecule has 0 spiro atoms. The van der Waals surface area contributed by atoms with Crippen LogP contribution < -0.4 is 10.2 Å². The van der Waals surface area contributed by atoms with Crippen LogP contribution in [0.5, 0.6) is 0 Å². The van der Waals surface area contributed by atoms with Crippen molar-refractivity contribution in [2.75, 3.05) is 16.8 Å². The first-order chi connectivity index (χ1) is 12.7. The van der Waals surface area contributed by atoms with Gasteiger partial charge in [0, 0.05) is 29.4 Å². The Hall–Kier alpha value is -2.54. The van der Waals surface area contributed by atoms with Crippen molar-refractivity contribution in [3.05, 3.63) is 58.6 Å². The highest BCUT2D eigenvalue weighted by Crippen LogP contribution is 2.34. The Morgan fingerprint density at radius 3 is 2.63 bits per heavy atom. The zero-order valence-electron chi connectivity index (χ0n) is 14.3. The lowest BCUT2D eigenvalue weighted by Crippen LogP contribution is -2.28. The van der Waals surface area contributed by atoms with Crippen LogP contribution in [-0.2, 0) is 15.8 Å². The fraction of sp³-hybridized carbons (Fsp3) is 0.263. The van der Waals surface area contributed by atoms with Gasteiger partial charge < -0.3 is 10.2 Å². The largest absolute Gasteiger partial charge is 0.416 e. The molecule has 8 heteroatoms. The summed E-state index contributed by atoms with van der Waals surface area (Å²) in [7, 11) is 0. The summed E-state index contributed by atoms with van der Waals surface area (Å²) in [5, 5.41) is 3.24. The molecule has 142 valence electrons. The van der Waals surface area contributed by atoms with Gasteiger partial charge in [0.25, 0.3) is 0 Å². The van der Waals surface area contributed by atoms with Crippen LogP contribution in [0, 0.1) is 12.8 Å². The molecule has 0 saturated carbocycles. The highest BCUT2D eigenvalue weighted by atomic mass is 35.5. The third-order valence-corrected chi connectivity index (χ3v) is 4.92. The molecule has 0 aromatic heterocycles. The van der Waals surface area contributed by atoms with Gasteiger partial charge in [0.1, 0.15) is 0 Å². The van der Waals surface area contributed by atoms with Crippen LogP contribution in [0.1, 0.15) is 17.5 Å². The van der Waals surface area contributed by atoms with Gasteiger partial charge in [0.15, 0.2) is 0 Å². The van der Waals surface area contributed by atoms with E-state index in [0.29, 0.717) is 16.3 Å². The van der Waals surface area contributed by atoms with E-state index in [1.807, 2.05) is 0 Å². The number of carbonyl (C=O) groups excluding carboxylic acids is 2. The Bertz CT molecular complexity index is 899. The van der Waals surface area contributed by atoms with E-state index >= 15 is 0 Å². The summed E-state index contributed by atoms with van der Waals surface area (Å²) in [6.45, 7) is 1.78. The van der Waals surface area contributed by atoms with Crippen molar-refractivity contribution in [1.82, 2.24) is 0 Å². The number of alkyl halides is 3. The first-order valence-electron chi connectivity index (χ1n) is 8.20. The minimum atomic E-state index is -4.50. The third-order valence-electron chi connectivity index (χ3n) is 4.51. The molecule has 2 amide bonds. The fourth-order valence-electron chi connectivity index (χ4n) is 2.96. The molecule has 27 heavy (non-hydrogen) atoms. The van der Waals surface area contributed by atoms with E-state index < -0.39 is 23.6 Å². The van der Waals surface area contributed by atoms with Crippen molar-refractivity contribution in [3.8, 4) is 0 Å². The van der Waals surface area contributed by atoms with Crippen molar-refractivity contribution < 1.29 is 22.8 Å². The second kappa shape index (κ2) is 7.23.